The molecule has 16 heavy (non-hydrogen) atoms. The van der Waals surface area contributed by atoms with Crippen LogP contribution in [0.15, 0.2) is 22.7 Å². The van der Waals surface area contributed by atoms with Crippen molar-refractivity contribution in [3.05, 3.63) is 28.5 Å². The van der Waals surface area contributed by atoms with Crippen molar-refractivity contribution >= 4 is 21.6 Å². The molecule has 0 aromatic heterocycles. The minimum Gasteiger partial charge on any atom is -0.382 e. The molecule has 1 fully saturated rings. The summed E-state index contributed by atoms with van der Waals surface area (Å²) in [4.78, 5) is 0. The normalized spacial score (nSPS) is 20.8. The number of anilines is 1. The highest BCUT2D eigenvalue weighted by Crippen LogP contribution is 2.23. The molecule has 1 N–H and O–H groups in total. The van der Waals surface area contributed by atoms with Crippen molar-refractivity contribution in [2.75, 3.05) is 18.5 Å². The average molecular weight is 288 g/mol. The average Bonchev–Trinajstić information content (AvgIpc) is 2.29. The second-order valence-corrected chi connectivity index (χ2v) is 4.85. The van der Waals surface area contributed by atoms with Gasteiger partial charge in [-0.1, -0.05) is 0 Å². The first-order valence-corrected chi connectivity index (χ1v) is 6.35. The summed E-state index contributed by atoms with van der Waals surface area (Å²) >= 11 is 3.33. The maximum atomic E-state index is 12.9. The molecule has 1 atom stereocenters. The van der Waals surface area contributed by atoms with E-state index >= 15 is 0 Å². The lowest BCUT2D eigenvalue weighted by Gasteiger charge is -2.23. The summed E-state index contributed by atoms with van der Waals surface area (Å²) in [5.41, 5.74) is 0.913. The van der Waals surface area contributed by atoms with Gasteiger partial charge < -0.3 is 10.1 Å². The van der Waals surface area contributed by atoms with Crippen molar-refractivity contribution < 1.29 is 9.13 Å². The van der Waals surface area contributed by atoms with Gasteiger partial charge >= 0.3 is 0 Å². The van der Waals surface area contributed by atoms with E-state index in [2.05, 4.69) is 21.2 Å². The van der Waals surface area contributed by atoms with E-state index in [0.29, 0.717) is 0 Å². The first-order valence-electron chi connectivity index (χ1n) is 5.56. The molecule has 1 saturated heterocycles. The number of rotatable bonds is 3. The summed E-state index contributed by atoms with van der Waals surface area (Å²) in [5.74, 6) is -0.230. The SMILES string of the molecule is Fc1ccc(NCC2CCCCO2)c(Br)c1. The van der Waals surface area contributed by atoms with Crippen molar-refractivity contribution in [1.82, 2.24) is 0 Å². The molecule has 2 rings (SSSR count). The molecule has 2 nitrogen and oxygen atoms in total. The van der Waals surface area contributed by atoms with Gasteiger partial charge in [-0.25, -0.2) is 4.39 Å². The summed E-state index contributed by atoms with van der Waals surface area (Å²) < 4.78 is 19.2. The van der Waals surface area contributed by atoms with Gasteiger partial charge in [0.25, 0.3) is 0 Å². The van der Waals surface area contributed by atoms with Gasteiger partial charge in [-0.15, -0.1) is 0 Å². The van der Waals surface area contributed by atoms with Gasteiger partial charge in [0.1, 0.15) is 5.82 Å². The highest BCUT2D eigenvalue weighted by Gasteiger charge is 2.13. The molecular weight excluding hydrogens is 273 g/mol. The molecule has 88 valence electrons. The van der Waals surface area contributed by atoms with Gasteiger partial charge in [0.15, 0.2) is 0 Å². The Labute approximate surface area is 103 Å². The van der Waals surface area contributed by atoms with Crippen LogP contribution in [0.3, 0.4) is 0 Å². The Kier molecular flexibility index (Phi) is 4.18. The van der Waals surface area contributed by atoms with E-state index in [1.54, 1.807) is 6.07 Å². The molecule has 1 aromatic carbocycles. The van der Waals surface area contributed by atoms with Crippen LogP contribution in [0.1, 0.15) is 19.3 Å². The van der Waals surface area contributed by atoms with Crippen molar-refractivity contribution in [2.24, 2.45) is 0 Å². The van der Waals surface area contributed by atoms with Crippen LogP contribution in [-0.4, -0.2) is 19.3 Å². The fourth-order valence-electron chi connectivity index (χ4n) is 1.83. The maximum absolute atomic E-state index is 12.9. The van der Waals surface area contributed by atoms with Gasteiger partial charge in [0, 0.05) is 23.3 Å². The summed E-state index contributed by atoms with van der Waals surface area (Å²) in [6.45, 7) is 1.64. The fraction of sp³-hybridized carbons (Fsp3) is 0.500. The van der Waals surface area contributed by atoms with Gasteiger partial charge in [0.05, 0.1) is 6.10 Å². The lowest BCUT2D eigenvalue weighted by molar-refractivity contribution is 0.0247. The zero-order chi connectivity index (χ0) is 11.4. The van der Waals surface area contributed by atoms with Crippen LogP contribution in [0.2, 0.25) is 0 Å². The fourth-order valence-corrected chi connectivity index (χ4v) is 2.32. The summed E-state index contributed by atoms with van der Waals surface area (Å²) in [6, 6.07) is 4.65. The van der Waals surface area contributed by atoms with E-state index in [9.17, 15) is 4.39 Å². The number of ether oxygens (including phenoxy) is 1. The Bertz CT molecular complexity index is 353. The standard InChI is InChI=1S/C12H15BrFNO/c13-11-7-9(14)4-5-12(11)15-8-10-3-1-2-6-16-10/h4-5,7,10,15H,1-3,6,8H2. The number of halogens is 2. The van der Waals surface area contributed by atoms with Gasteiger partial charge in [-0.2, -0.15) is 0 Å². The zero-order valence-electron chi connectivity index (χ0n) is 9.01. The second-order valence-electron chi connectivity index (χ2n) is 3.99. The third kappa shape index (κ3) is 3.19. The van der Waals surface area contributed by atoms with Crippen LogP contribution < -0.4 is 5.32 Å². The molecule has 1 heterocycles. The van der Waals surface area contributed by atoms with E-state index in [-0.39, 0.29) is 11.9 Å². The minimum atomic E-state index is -0.230. The number of hydrogen-bond donors (Lipinski definition) is 1. The van der Waals surface area contributed by atoms with E-state index < -0.39 is 0 Å². The highest BCUT2D eigenvalue weighted by atomic mass is 79.9. The summed E-state index contributed by atoms with van der Waals surface area (Å²) in [7, 11) is 0. The topological polar surface area (TPSA) is 21.3 Å². The van der Waals surface area contributed by atoms with Crippen LogP contribution >= 0.6 is 15.9 Å². The number of hydrogen-bond acceptors (Lipinski definition) is 2. The predicted octanol–water partition coefficient (Wildman–Crippen LogP) is 3.57. The van der Waals surface area contributed by atoms with Crippen LogP contribution in [0.5, 0.6) is 0 Å². The lowest BCUT2D eigenvalue weighted by Crippen LogP contribution is -2.27. The molecule has 1 aliphatic rings. The molecular formula is C12H15BrFNO. The Morgan fingerprint density at radius 2 is 2.31 bits per heavy atom. The Morgan fingerprint density at radius 3 is 3.00 bits per heavy atom. The predicted molar refractivity (Wildman–Crippen MR) is 66.2 cm³/mol. The molecule has 0 bridgehead atoms. The Balaban J connectivity index is 1.88. The molecule has 0 spiro atoms. The maximum Gasteiger partial charge on any atom is 0.124 e. The van der Waals surface area contributed by atoms with Crippen LogP contribution in [-0.2, 0) is 4.74 Å². The van der Waals surface area contributed by atoms with Crippen LogP contribution in [0, 0.1) is 5.82 Å². The molecule has 4 heteroatoms. The smallest absolute Gasteiger partial charge is 0.124 e. The molecule has 1 unspecified atom stereocenters. The monoisotopic (exact) mass is 287 g/mol. The second kappa shape index (κ2) is 5.64. The quantitative estimate of drug-likeness (QED) is 0.918. The first kappa shape index (κ1) is 11.9. The Morgan fingerprint density at radius 1 is 1.44 bits per heavy atom. The van der Waals surface area contributed by atoms with Gasteiger partial charge in [-0.3, -0.25) is 0 Å². The van der Waals surface area contributed by atoms with Crippen molar-refractivity contribution in [2.45, 2.75) is 25.4 Å². The molecule has 1 aromatic rings. The summed E-state index contributed by atoms with van der Waals surface area (Å²) in [5, 5.41) is 3.27. The molecule has 1 aliphatic heterocycles. The molecule has 0 saturated carbocycles. The Hall–Kier alpha value is -0.610. The van der Waals surface area contributed by atoms with Gasteiger partial charge in [-0.05, 0) is 53.4 Å². The van der Waals surface area contributed by atoms with Crippen LogP contribution in [0.25, 0.3) is 0 Å². The van der Waals surface area contributed by atoms with Crippen molar-refractivity contribution in [3.8, 4) is 0 Å². The van der Waals surface area contributed by atoms with Gasteiger partial charge in [0.2, 0.25) is 0 Å². The molecule has 0 amide bonds. The first-order chi connectivity index (χ1) is 7.75. The van der Waals surface area contributed by atoms with E-state index in [4.69, 9.17) is 4.74 Å². The number of benzene rings is 1. The molecule has 0 radical (unpaired) electrons. The third-order valence-electron chi connectivity index (χ3n) is 2.73. The van der Waals surface area contributed by atoms with Crippen molar-refractivity contribution in [1.29, 1.82) is 0 Å². The highest BCUT2D eigenvalue weighted by molar-refractivity contribution is 9.10. The van der Waals surface area contributed by atoms with E-state index in [1.807, 2.05) is 0 Å². The van der Waals surface area contributed by atoms with Crippen molar-refractivity contribution in [3.63, 3.8) is 0 Å². The summed E-state index contributed by atoms with van der Waals surface area (Å²) in [6.07, 6.45) is 3.78. The molecule has 0 aliphatic carbocycles. The van der Waals surface area contributed by atoms with E-state index in [1.165, 1.54) is 18.6 Å². The third-order valence-corrected chi connectivity index (χ3v) is 3.38. The number of nitrogens with one attached hydrogen (secondary N) is 1. The minimum absolute atomic E-state index is 0.230. The lowest BCUT2D eigenvalue weighted by atomic mass is 10.1. The zero-order valence-corrected chi connectivity index (χ0v) is 10.6. The van der Waals surface area contributed by atoms with Crippen LogP contribution in [0.4, 0.5) is 10.1 Å². The largest absolute Gasteiger partial charge is 0.382 e. The van der Waals surface area contributed by atoms with E-state index in [0.717, 1.165) is 36.2 Å².